The first-order valence-electron chi connectivity index (χ1n) is 13.6. The van der Waals surface area contributed by atoms with Crippen LogP contribution in [0.1, 0.15) is 54.7 Å². The molecule has 1 aliphatic heterocycles. The van der Waals surface area contributed by atoms with Gasteiger partial charge in [0, 0.05) is 37.8 Å². The van der Waals surface area contributed by atoms with Gasteiger partial charge in [0.2, 0.25) is 0 Å². The lowest BCUT2D eigenvalue weighted by atomic mass is 9.80. The number of amides is 1. The zero-order valence-electron chi connectivity index (χ0n) is 21.7. The van der Waals surface area contributed by atoms with Crippen LogP contribution in [0.2, 0.25) is 0 Å². The number of nitrogens with one attached hydrogen (secondary N) is 1. The van der Waals surface area contributed by atoms with E-state index >= 15 is 0 Å². The molecule has 1 saturated heterocycles. The molecule has 1 aromatic heterocycles. The second-order valence-corrected chi connectivity index (χ2v) is 10.3. The van der Waals surface area contributed by atoms with Crippen LogP contribution < -0.4 is 5.32 Å². The Hall–Kier alpha value is -3.00. The fourth-order valence-electron chi connectivity index (χ4n) is 5.92. The summed E-state index contributed by atoms with van der Waals surface area (Å²) in [5.41, 5.74) is 2.39. The summed E-state index contributed by atoms with van der Waals surface area (Å²) in [6.07, 6.45) is 6.02. The minimum atomic E-state index is -0.996. The van der Waals surface area contributed by atoms with Crippen molar-refractivity contribution >= 4 is 5.91 Å². The van der Waals surface area contributed by atoms with Crippen molar-refractivity contribution in [2.45, 2.75) is 56.7 Å². The molecule has 2 unspecified atom stereocenters. The summed E-state index contributed by atoms with van der Waals surface area (Å²) in [4.78, 5) is 20.9. The number of nitrogens with zero attached hydrogens (tertiary/aromatic N) is 3. The number of ether oxygens (including phenoxy) is 1. The molecule has 1 saturated carbocycles. The molecule has 0 bridgehead atoms. The summed E-state index contributed by atoms with van der Waals surface area (Å²) in [7, 11) is 0. The summed E-state index contributed by atoms with van der Waals surface area (Å²) in [5.74, 6) is -0.0517. The largest absolute Gasteiger partial charge is 0.385 e. The summed E-state index contributed by atoms with van der Waals surface area (Å²) >= 11 is 0. The molecule has 1 amide bonds. The van der Waals surface area contributed by atoms with Crippen molar-refractivity contribution in [2.75, 3.05) is 32.8 Å². The van der Waals surface area contributed by atoms with Crippen LogP contribution in [0.25, 0.3) is 11.3 Å². The molecule has 37 heavy (non-hydrogen) atoms. The van der Waals surface area contributed by atoms with Crippen LogP contribution in [0.5, 0.6) is 0 Å². The lowest BCUT2D eigenvalue weighted by molar-refractivity contribution is -0.0972. The second kappa shape index (κ2) is 11.6. The number of piperazine rings is 1. The zero-order valence-corrected chi connectivity index (χ0v) is 21.7. The first-order valence-corrected chi connectivity index (χ1v) is 13.6. The summed E-state index contributed by atoms with van der Waals surface area (Å²) in [6.45, 7) is 4.92. The van der Waals surface area contributed by atoms with Gasteiger partial charge in [-0.1, -0.05) is 73.5 Å². The number of carbonyl (C=O) groups excluding carboxylic acids is 1. The number of hydrogen-bond acceptors (Lipinski definition) is 5. The minimum absolute atomic E-state index is 0.0435. The highest BCUT2D eigenvalue weighted by atomic mass is 16.5. The van der Waals surface area contributed by atoms with Gasteiger partial charge in [0.05, 0.1) is 24.7 Å². The van der Waals surface area contributed by atoms with E-state index in [2.05, 4.69) is 22.0 Å². The maximum atomic E-state index is 14.2. The first kappa shape index (κ1) is 25.6. The third kappa shape index (κ3) is 5.49. The Bertz CT molecular complexity index is 1170. The van der Waals surface area contributed by atoms with Crippen molar-refractivity contribution in [3.05, 3.63) is 78.2 Å². The monoisotopic (exact) mass is 502 g/mol. The van der Waals surface area contributed by atoms with E-state index in [1.807, 2.05) is 60.4 Å². The number of carbonyl (C=O) groups is 1. The SMILES string of the molecule is CCOCC1(O)CCCCC1n1cnc(C(=O)N2CCNC[C@H]2Cc2ccccc2)c1-c1ccccc1. The smallest absolute Gasteiger partial charge is 0.275 e. The average Bonchev–Trinajstić information content (AvgIpc) is 3.38. The van der Waals surface area contributed by atoms with Crippen molar-refractivity contribution in [1.29, 1.82) is 0 Å². The van der Waals surface area contributed by atoms with E-state index in [1.54, 1.807) is 6.33 Å². The molecule has 2 heterocycles. The molecule has 5 rings (SSSR count). The van der Waals surface area contributed by atoms with E-state index in [9.17, 15) is 9.90 Å². The van der Waals surface area contributed by atoms with Gasteiger partial charge < -0.3 is 24.6 Å². The topological polar surface area (TPSA) is 79.6 Å². The van der Waals surface area contributed by atoms with Crippen LogP contribution in [0.4, 0.5) is 0 Å². The predicted molar refractivity (Wildman–Crippen MR) is 144 cm³/mol. The quantitative estimate of drug-likeness (QED) is 0.485. The molecule has 7 heteroatoms. The highest BCUT2D eigenvalue weighted by Gasteiger charge is 2.42. The van der Waals surface area contributed by atoms with Gasteiger partial charge in [0.15, 0.2) is 5.69 Å². The normalized spacial score (nSPS) is 24.2. The Morgan fingerprint density at radius 1 is 1.14 bits per heavy atom. The molecule has 7 nitrogen and oxygen atoms in total. The standard InChI is InChI=1S/C30H38N4O3/c1-2-37-21-30(36)16-10-9-15-26(30)34-22-32-27(28(34)24-13-7-4-8-14-24)29(35)33-18-17-31-20-25(33)19-23-11-5-3-6-12-23/h3-8,11-14,22,25-26,31,36H,2,9-10,15-21H2,1H3/t25-,26?,30?/m1/s1. The van der Waals surface area contributed by atoms with E-state index in [-0.39, 0.29) is 24.6 Å². The molecule has 3 aromatic rings. The maximum absolute atomic E-state index is 14.2. The van der Waals surface area contributed by atoms with Crippen molar-refractivity contribution in [3.63, 3.8) is 0 Å². The second-order valence-electron chi connectivity index (χ2n) is 10.3. The van der Waals surface area contributed by atoms with Gasteiger partial charge in [0.1, 0.15) is 5.60 Å². The predicted octanol–water partition coefficient (Wildman–Crippen LogP) is 4.09. The van der Waals surface area contributed by atoms with E-state index in [0.717, 1.165) is 50.0 Å². The van der Waals surface area contributed by atoms with Gasteiger partial charge in [-0.25, -0.2) is 4.98 Å². The van der Waals surface area contributed by atoms with Gasteiger partial charge in [-0.05, 0) is 31.7 Å². The van der Waals surface area contributed by atoms with Crippen LogP contribution >= 0.6 is 0 Å². The highest BCUT2D eigenvalue weighted by Crippen LogP contribution is 2.41. The van der Waals surface area contributed by atoms with Crippen LogP contribution in [0, 0.1) is 0 Å². The molecule has 2 N–H and O–H groups in total. The molecule has 2 aliphatic rings. The Labute approximate surface area is 219 Å². The summed E-state index contributed by atoms with van der Waals surface area (Å²) in [6, 6.07) is 20.2. The van der Waals surface area contributed by atoms with Gasteiger partial charge in [-0.15, -0.1) is 0 Å². The van der Waals surface area contributed by atoms with Crippen LogP contribution in [0.3, 0.4) is 0 Å². The van der Waals surface area contributed by atoms with Crippen molar-refractivity contribution in [1.82, 2.24) is 19.8 Å². The van der Waals surface area contributed by atoms with Crippen LogP contribution in [0.15, 0.2) is 67.0 Å². The number of imidazole rings is 1. The molecule has 3 atom stereocenters. The molecular formula is C30H38N4O3. The number of rotatable bonds is 8. The van der Waals surface area contributed by atoms with E-state index in [0.29, 0.717) is 25.3 Å². The third-order valence-electron chi connectivity index (χ3n) is 7.82. The molecule has 2 aromatic carbocycles. The molecule has 2 fully saturated rings. The Morgan fingerprint density at radius 3 is 2.65 bits per heavy atom. The van der Waals surface area contributed by atoms with E-state index < -0.39 is 5.60 Å². The number of aliphatic hydroxyl groups is 1. The van der Waals surface area contributed by atoms with Gasteiger partial charge in [-0.2, -0.15) is 0 Å². The molecule has 0 radical (unpaired) electrons. The lowest BCUT2D eigenvalue weighted by Gasteiger charge is -2.41. The fourth-order valence-corrected chi connectivity index (χ4v) is 5.92. The molecule has 196 valence electrons. The summed E-state index contributed by atoms with van der Waals surface area (Å²) < 4.78 is 7.78. The Morgan fingerprint density at radius 2 is 1.89 bits per heavy atom. The maximum Gasteiger partial charge on any atom is 0.275 e. The Balaban J connectivity index is 1.52. The lowest BCUT2D eigenvalue weighted by Crippen LogP contribution is -2.54. The van der Waals surface area contributed by atoms with Gasteiger partial charge >= 0.3 is 0 Å². The molecule has 0 spiro atoms. The van der Waals surface area contributed by atoms with Gasteiger partial charge in [0.25, 0.3) is 5.91 Å². The zero-order chi connectivity index (χ0) is 25.7. The number of aromatic nitrogens is 2. The van der Waals surface area contributed by atoms with Crippen LogP contribution in [-0.4, -0.2) is 70.0 Å². The summed E-state index contributed by atoms with van der Waals surface area (Å²) in [5, 5.41) is 15.2. The molecular weight excluding hydrogens is 464 g/mol. The van der Waals surface area contributed by atoms with Gasteiger partial charge in [-0.3, -0.25) is 4.79 Å². The average molecular weight is 503 g/mol. The Kier molecular flexibility index (Phi) is 8.03. The van der Waals surface area contributed by atoms with Crippen molar-refractivity contribution in [3.8, 4) is 11.3 Å². The van der Waals surface area contributed by atoms with E-state index in [4.69, 9.17) is 9.72 Å². The van der Waals surface area contributed by atoms with E-state index in [1.165, 1.54) is 5.56 Å². The fraction of sp³-hybridized carbons (Fsp3) is 0.467. The molecule has 1 aliphatic carbocycles. The van der Waals surface area contributed by atoms with Crippen LogP contribution in [-0.2, 0) is 11.2 Å². The first-order chi connectivity index (χ1) is 18.1. The minimum Gasteiger partial charge on any atom is -0.385 e. The van der Waals surface area contributed by atoms with Crippen molar-refractivity contribution in [2.24, 2.45) is 0 Å². The number of benzene rings is 2. The number of hydrogen-bond donors (Lipinski definition) is 2. The van der Waals surface area contributed by atoms with Crippen molar-refractivity contribution < 1.29 is 14.6 Å². The highest BCUT2D eigenvalue weighted by molar-refractivity contribution is 5.98. The third-order valence-corrected chi connectivity index (χ3v) is 7.82.